The molecule has 7 nitrogen and oxygen atoms in total. The average molecular weight is 510 g/mol. The number of aliphatic hydroxyl groups is 1. The SMILES string of the molecule is O=C(OC1CCN(CC(O)(Cn2cncn2)c2ccc(F)cc2F)CC1)c1cccc(C(F)(F)F)c1. The van der Waals surface area contributed by atoms with Crippen LogP contribution in [0.3, 0.4) is 0 Å². The molecular weight excluding hydrogens is 487 g/mol. The van der Waals surface area contributed by atoms with Crippen LogP contribution in [0.4, 0.5) is 22.0 Å². The van der Waals surface area contributed by atoms with Gasteiger partial charge in [0.05, 0.1) is 17.7 Å². The highest BCUT2D eigenvalue weighted by Crippen LogP contribution is 2.31. The van der Waals surface area contributed by atoms with Crippen molar-refractivity contribution in [1.82, 2.24) is 19.7 Å². The Hall–Kier alpha value is -3.38. The fourth-order valence-corrected chi connectivity index (χ4v) is 4.27. The Morgan fingerprint density at radius 2 is 1.83 bits per heavy atom. The van der Waals surface area contributed by atoms with Gasteiger partial charge >= 0.3 is 12.1 Å². The molecule has 0 bridgehead atoms. The van der Waals surface area contributed by atoms with Crippen LogP contribution in [0.15, 0.2) is 55.1 Å². The molecule has 1 fully saturated rings. The number of hydrogen-bond donors (Lipinski definition) is 1. The lowest BCUT2D eigenvalue weighted by Gasteiger charge is -2.38. The Labute approximate surface area is 203 Å². The van der Waals surface area contributed by atoms with Crippen molar-refractivity contribution in [3.05, 3.63) is 83.4 Å². The Morgan fingerprint density at radius 1 is 1.08 bits per heavy atom. The number of carbonyl (C=O) groups is 1. The molecule has 0 spiro atoms. The lowest BCUT2D eigenvalue weighted by Crippen LogP contribution is -2.48. The van der Waals surface area contributed by atoms with Gasteiger partial charge in [-0.15, -0.1) is 0 Å². The largest absolute Gasteiger partial charge is 0.459 e. The number of aromatic nitrogens is 3. The van der Waals surface area contributed by atoms with Crippen LogP contribution in [-0.2, 0) is 23.1 Å². The number of rotatable bonds is 7. The van der Waals surface area contributed by atoms with E-state index in [1.807, 2.05) is 4.90 Å². The van der Waals surface area contributed by atoms with E-state index < -0.39 is 41.0 Å². The summed E-state index contributed by atoms with van der Waals surface area (Å²) in [6.45, 7) is 0.565. The second-order valence-corrected chi connectivity index (χ2v) is 8.71. The van der Waals surface area contributed by atoms with E-state index in [0.717, 1.165) is 24.3 Å². The van der Waals surface area contributed by atoms with Gasteiger partial charge in [0.15, 0.2) is 0 Å². The molecule has 12 heteroatoms. The van der Waals surface area contributed by atoms with Gasteiger partial charge in [-0.1, -0.05) is 12.1 Å². The highest BCUT2D eigenvalue weighted by molar-refractivity contribution is 5.89. The average Bonchev–Trinajstić information content (AvgIpc) is 3.32. The minimum atomic E-state index is -4.57. The monoisotopic (exact) mass is 510 g/mol. The van der Waals surface area contributed by atoms with Gasteiger partial charge in [0, 0.05) is 31.3 Å². The van der Waals surface area contributed by atoms with E-state index in [1.165, 1.54) is 29.5 Å². The molecule has 1 unspecified atom stereocenters. The van der Waals surface area contributed by atoms with Gasteiger partial charge in [0.1, 0.15) is 36.0 Å². The van der Waals surface area contributed by atoms with Crippen molar-refractivity contribution in [3.63, 3.8) is 0 Å². The Morgan fingerprint density at radius 3 is 2.47 bits per heavy atom. The fraction of sp³-hybridized carbons (Fsp3) is 0.375. The molecule has 1 N–H and O–H groups in total. The van der Waals surface area contributed by atoms with Crippen LogP contribution in [0, 0.1) is 11.6 Å². The molecule has 2 aromatic carbocycles. The molecule has 1 saturated heterocycles. The van der Waals surface area contributed by atoms with E-state index in [-0.39, 0.29) is 24.2 Å². The van der Waals surface area contributed by atoms with E-state index in [9.17, 15) is 31.9 Å². The lowest BCUT2D eigenvalue weighted by atomic mass is 9.91. The molecule has 0 radical (unpaired) electrons. The topological polar surface area (TPSA) is 80.5 Å². The van der Waals surface area contributed by atoms with Crippen LogP contribution in [0.1, 0.15) is 34.3 Å². The number of hydrogen-bond acceptors (Lipinski definition) is 6. The van der Waals surface area contributed by atoms with E-state index in [1.54, 1.807) is 0 Å². The smallest absolute Gasteiger partial charge is 0.416 e. The zero-order chi connectivity index (χ0) is 25.9. The van der Waals surface area contributed by atoms with Gasteiger partial charge in [0.2, 0.25) is 0 Å². The van der Waals surface area contributed by atoms with Gasteiger partial charge in [-0.05, 0) is 37.1 Å². The van der Waals surface area contributed by atoms with Crippen LogP contribution in [0.2, 0.25) is 0 Å². The van der Waals surface area contributed by atoms with Gasteiger partial charge in [0.25, 0.3) is 0 Å². The number of benzene rings is 2. The van der Waals surface area contributed by atoms with Crippen molar-refractivity contribution in [2.45, 2.75) is 37.3 Å². The standard InChI is InChI=1S/C24H23F5N4O3/c25-18-4-5-20(21(26)11-18)23(35,13-33-15-30-14-31-33)12-32-8-6-19(7-9-32)36-22(34)16-2-1-3-17(10-16)24(27,28)29/h1-5,10-11,14-15,19,35H,6-9,12-13H2. The Kier molecular flexibility index (Phi) is 7.36. The second-order valence-electron chi connectivity index (χ2n) is 8.71. The zero-order valence-electron chi connectivity index (χ0n) is 19.0. The van der Waals surface area contributed by atoms with Gasteiger partial charge in [-0.2, -0.15) is 18.3 Å². The molecule has 1 aliphatic heterocycles. The van der Waals surface area contributed by atoms with Crippen molar-refractivity contribution in [2.24, 2.45) is 0 Å². The van der Waals surface area contributed by atoms with E-state index in [0.29, 0.717) is 32.0 Å². The van der Waals surface area contributed by atoms with E-state index in [2.05, 4.69) is 10.1 Å². The summed E-state index contributed by atoms with van der Waals surface area (Å²) < 4.78 is 73.6. The molecule has 3 aromatic rings. The summed E-state index contributed by atoms with van der Waals surface area (Å²) in [6.07, 6.45) is -1.76. The number of halogens is 5. The fourth-order valence-electron chi connectivity index (χ4n) is 4.27. The molecule has 36 heavy (non-hydrogen) atoms. The third kappa shape index (κ3) is 6.05. The van der Waals surface area contributed by atoms with E-state index >= 15 is 0 Å². The molecule has 4 rings (SSSR count). The number of piperidine rings is 1. The third-order valence-corrected chi connectivity index (χ3v) is 6.04. The van der Waals surface area contributed by atoms with Gasteiger partial charge in [-0.25, -0.2) is 23.2 Å². The highest BCUT2D eigenvalue weighted by atomic mass is 19.4. The molecule has 0 aliphatic carbocycles. The van der Waals surface area contributed by atoms with Crippen molar-refractivity contribution in [3.8, 4) is 0 Å². The first-order chi connectivity index (χ1) is 17.0. The molecule has 1 aromatic heterocycles. The van der Waals surface area contributed by atoms with Crippen LogP contribution in [0.5, 0.6) is 0 Å². The molecule has 192 valence electrons. The first-order valence-corrected chi connectivity index (χ1v) is 11.1. The third-order valence-electron chi connectivity index (χ3n) is 6.04. The quantitative estimate of drug-likeness (QED) is 0.385. The van der Waals surface area contributed by atoms with Crippen LogP contribution >= 0.6 is 0 Å². The minimum Gasteiger partial charge on any atom is -0.459 e. The second kappa shape index (κ2) is 10.3. The Balaban J connectivity index is 1.41. The molecule has 2 heterocycles. The minimum absolute atomic E-state index is 0.0241. The maximum absolute atomic E-state index is 14.6. The normalized spacial score (nSPS) is 17.1. The maximum atomic E-state index is 14.6. The van der Waals surface area contributed by atoms with Gasteiger partial charge in [-0.3, -0.25) is 4.90 Å². The van der Waals surface area contributed by atoms with Crippen LogP contribution in [0.25, 0.3) is 0 Å². The van der Waals surface area contributed by atoms with Crippen molar-refractivity contribution in [1.29, 1.82) is 0 Å². The number of nitrogens with zero attached hydrogens (tertiary/aromatic N) is 4. The van der Waals surface area contributed by atoms with E-state index in [4.69, 9.17) is 4.74 Å². The maximum Gasteiger partial charge on any atom is 0.416 e. The van der Waals surface area contributed by atoms with Crippen LogP contribution in [-0.4, -0.2) is 56.5 Å². The summed E-state index contributed by atoms with van der Waals surface area (Å²) in [5.41, 5.74) is -3.00. The summed E-state index contributed by atoms with van der Waals surface area (Å²) in [6, 6.07) is 6.97. The molecule has 0 amide bonds. The van der Waals surface area contributed by atoms with Crippen molar-refractivity contribution >= 4 is 5.97 Å². The highest BCUT2D eigenvalue weighted by Gasteiger charge is 2.37. The molecular formula is C24H23F5N4O3. The van der Waals surface area contributed by atoms with Crippen LogP contribution < -0.4 is 0 Å². The lowest BCUT2D eigenvalue weighted by molar-refractivity contribution is -0.137. The zero-order valence-corrected chi connectivity index (χ0v) is 19.0. The summed E-state index contributed by atoms with van der Waals surface area (Å²) in [5.74, 6) is -2.53. The van der Waals surface area contributed by atoms with Crippen molar-refractivity contribution in [2.75, 3.05) is 19.6 Å². The first kappa shape index (κ1) is 25.7. The number of alkyl halides is 3. The number of likely N-dealkylation sites (tertiary alicyclic amines) is 1. The van der Waals surface area contributed by atoms with Crippen molar-refractivity contribution < 1.29 is 36.6 Å². The number of ether oxygens (including phenoxy) is 1. The molecule has 0 saturated carbocycles. The predicted molar refractivity (Wildman–Crippen MR) is 117 cm³/mol. The summed E-state index contributed by atoms with van der Waals surface area (Å²) in [4.78, 5) is 18.1. The number of esters is 1. The number of carbonyl (C=O) groups excluding carboxylic acids is 1. The first-order valence-electron chi connectivity index (χ1n) is 11.1. The van der Waals surface area contributed by atoms with Gasteiger partial charge < -0.3 is 9.84 Å². The molecule has 1 aliphatic rings. The summed E-state index contributed by atoms with van der Waals surface area (Å²) in [5, 5.41) is 15.4. The number of β-amino-alcohol motifs (C(OH)–C–C–N with tert-alkyl or cyclic N) is 1. The predicted octanol–water partition coefficient (Wildman–Crippen LogP) is 3.78. The molecule has 1 atom stereocenters. The summed E-state index contributed by atoms with van der Waals surface area (Å²) in [7, 11) is 0. The Bertz CT molecular complexity index is 1200. The summed E-state index contributed by atoms with van der Waals surface area (Å²) >= 11 is 0.